The van der Waals surface area contributed by atoms with Gasteiger partial charge in [-0.1, -0.05) is 0 Å². The molecule has 5 nitrogen and oxygen atoms in total. The molecule has 0 saturated heterocycles. The smallest absolute Gasteiger partial charge is 0.134 e. The molecule has 0 radical (unpaired) electrons. The molecule has 0 bridgehead atoms. The van der Waals surface area contributed by atoms with Crippen LogP contribution in [0, 0.1) is 10.7 Å². The fraction of sp³-hybridized carbons (Fsp3) is 0.556. The number of imidazole rings is 1. The van der Waals surface area contributed by atoms with Crippen molar-refractivity contribution in [2.45, 2.75) is 61.4 Å². The number of hydrogen-bond donors (Lipinski definition) is 2. The van der Waals surface area contributed by atoms with Crippen molar-refractivity contribution >= 4 is 17.3 Å². The number of nitrogens with zero attached hydrogens (tertiary/aromatic N) is 3. The Morgan fingerprint density at radius 3 is 2.75 bits per heavy atom. The number of fused-ring (bicyclic) bond motifs is 1. The average Bonchev–Trinajstić information content (AvgIpc) is 3.32. The lowest BCUT2D eigenvalue weighted by molar-refractivity contribution is 0.0598. The summed E-state index contributed by atoms with van der Waals surface area (Å²) in [5, 5.41) is 32.8. The van der Waals surface area contributed by atoms with Gasteiger partial charge < -0.3 is 14.6 Å². The van der Waals surface area contributed by atoms with Gasteiger partial charge in [0, 0.05) is 11.8 Å². The number of aromatic nitrogens is 2. The van der Waals surface area contributed by atoms with Crippen molar-refractivity contribution in [1.82, 2.24) is 9.38 Å². The van der Waals surface area contributed by atoms with Gasteiger partial charge in [0.05, 0.1) is 35.0 Å². The highest BCUT2D eigenvalue weighted by Crippen LogP contribution is 2.52. The van der Waals surface area contributed by atoms with E-state index in [0.29, 0.717) is 31.6 Å². The minimum Gasteiger partial charge on any atom is -0.393 e. The molecule has 126 valence electrons. The summed E-state index contributed by atoms with van der Waals surface area (Å²) in [5.74, 6) is 0.507. The van der Waals surface area contributed by atoms with Crippen molar-refractivity contribution in [3.63, 3.8) is 0 Å². The number of rotatable bonds is 4. The van der Waals surface area contributed by atoms with Crippen molar-refractivity contribution in [2.75, 3.05) is 0 Å². The molecule has 2 N–H and O–H groups in total. The Hall–Kier alpha value is -1.55. The van der Waals surface area contributed by atoms with Crippen molar-refractivity contribution < 1.29 is 10.2 Å². The van der Waals surface area contributed by atoms with Crippen LogP contribution in [0.5, 0.6) is 0 Å². The quantitative estimate of drug-likeness (QED) is 0.834. The molecule has 0 spiro atoms. The summed E-state index contributed by atoms with van der Waals surface area (Å²) < 4.78 is 1.39. The van der Waals surface area contributed by atoms with Crippen molar-refractivity contribution in [1.29, 1.82) is 5.26 Å². The second kappa shape index (κ2) is 6.07. The molecule has 2 aliphatic rings. The Morgan fingerprint density at radius 1 is 1.33 bits per heavy atom. The SMILES string of the molecule is N#CSC1(C(O)c2c(C3CC3)ccn3cncc23)CCC(O)CC1. The zero-order valence-electron chi connectivity index (χ0n) is 13.4. The van der Waals surface area contributed by atoms with Crippen LogP contribution in [0.25, 0.3) is 5.52 Å². The van der Waals surface area contributed by atoms with E-state index in [-0.39, 0.29) is 6.10 Å². The Bertz CT molecular complexity index is 785. The lowest BCUT2D eigenvalue weighted by atomic mass is 9.79. The normalized spacial score (nSPS) is 28.6. The van der Waals surface area contributed by atoms with Gasteiger partial charge in [0.15, 0.2) is 0 Å². The Kier molecular flexibility index (Phi) is 4.03. The molecule has 2 aliphatic carbocycles. The van der Waals surface area contributed by atoms with Gasteiger partial charge in [-0.05, 0) is 67.8 Å². The minimum absolute atomic E-state index is 0.321. The molecule has 0 amide bonds. The molecule has 1 unspecified atom stereocenters. The lowest BCUT2D eigenvalue weighted by Gasteiger charge is -2.40. The number of hydrogen-bond acceptors (Lipinski definition) is 5. The highest BCUT2D eigenvalue weighted by atomic mass is 32.2. The lowest BCUT2D eigenvalue weighted by Crippen LogP contribution is -2.39. The van der Waals surface area contributed by atoms with Crippen LogP contribution in [0.4, 0.5) is 0 Å². The number of aliphatic hydroxyl groups excluding tert-OH is 2. The third-order valence-electron chi connectivity index (χ3n) is 5.51. The van der Waals surface area contributed by atoms with Gasteiger partial charge in [-0.2, -0.15) is 5.26 Å². The van der Waals surface area contributed by atoms with Crippen LogP contribution in [0.1, 0.15) is 61.7 Å². The molecule has 2 heterocycles. The van der Waals surface area contributed by atoms with Crippen LogP contribution in [0.2, 0.25) is 0 Å². The first-order valence-electron chi connectivity index (χ1n) is 8.52. The third kappa shape index (κ3) is 2.61. The summed E-state index contributed by atoms with van der Waals surface area (Å²) in [4.78, 5) is 4.23. The largest absolute Gasteiger partial charge is 0.393 e. The molecule has 2 aromatic heterocycles. The van der Waals surface area contributed by atoms with Crippen molar-refractivity contribution in [2.24, 2.45) is 0 Å². The summed E-state index contributed by atoms with van der Waals surface area (Å²) in [5.41, 5.74) is 3.05. The molecule has 2 saturated carbocycles. The zero-order valence-corrected chi connectivity index (χ0v) is 14.2. The van der Waals surface area contributed by atoms with Crippen LogP contribution >= 0.6 is 11.8 Å². The van der Waals surface area contributed by atoms with E-state index in [4.69, 9.17) is 0 Å². The topological polar surface area (TPSA) is 81.5 Å². The highest BCUT2D eigenvalue weighted by molar-refractivity contribution is 8.05. The van der Waals surface area contributed by atoms with Crippen LogP contribution in [0.15, 0.2) is 24.8 Å². The minimum atomic E-state index is -0.731. The summed E-state index contributed by atoms with van der Waals surface area (Å²) in [7, 11) is 0. The van der Waals surface area contributed by atoms with E-state index >= 15 is 0 Å². The first-order chi connectivity index (χ1) is 11.6. The van der Waals surface area contributed by atoms with Gasteiger partial charge in [-0.25, -0.2) is 4.98 Å². The second-order valence-electron chi connectivity index (χ2n) is 7.04. The van der Waals surface area contributed by atoms with Crippen molar-refractivity contribution in [3.05, 3.63) is 35.9 Å². The number of nitriles is 1. The Labute approximate surface area is 145 Å². The summed E-state index contributed by atoms with van der Waals surface area (Å²) >= 11 is 1.17. The van der Waals surface area contributed by atoms with Crippen LogP contribution in [-0.4, -0.2) is 30.4 Å². The van der Waals surface area contributed by atoms with E-state index in [1.807, 2.05) is 10.6 Å². The molecule has 2 aromatic rings. The summed E-state index contributed by atoms with van der Waals surface area (Å²) in [6, 6.07) is 2.09. The zero-order chi connectivity index (χ0) is 16.7. The third-order valence-corrected chi connectivity index (χ3v) is 6.64. The van der Waals surface area contributed by atoms with E-state index in [2.05, 4.69) is 16.5 Å². The molecule has 1 atom stereocenters. The van der Waals surface area contributed by atoms with Crippen molar-refractivity contribution in [3.8, 4) is 5.40 Å². The predicted molar refractivity (Wildman–Crippen MR) is 92.5 cm³/mol. The van der Waals surface area contributed by atoms with E-state index in [9.17, 15) is 15.5 Å². The second-order valence-corrected chi connectivity index (χ2v) is 8.24. The van der Waals surface area contributed by atoms with Gasteiger partial charge in [0.25, 0.3) is 0 Å². The first kappa shape index (κ1) is 15.9. The molecule has 24 heavy (non-hydrogen) atoms. The standard InChI is InChI=1S/C18H21N3O2S/c19-10-24-18(6-3-13(22)4-7-18)17(23)16-14(12-1-2-12)5-8-21-11-20-9-15(16)21/h5,8-9,11-13,17,22-23H,1-4,6-7H2. The average molecular weight is 343 g/mol. The number of thiocyanates is 1. The molecule has 0 aromatic carbocycles. The molecule has 2 fully saturated rings. The van der Waals surface area contributed by atoms with E-state index in [0.717, 1.165) is 23.9 Å². The predicted octanol–water partition coefficient (Wildman–Crippen LogP) is 3.13. The van der Waals surface area contributed by atoms with E-state index in [1.165, 1.54) is 17.3 Å². The molecule has 6 heteroatoms. The summed E-state index contributed by atoms with van der Waals surface area (Å²) in [6.45, 7) is 0. The fourth-order valence-electron chi connectivity index (χ4n) is 3.96. The monoisotopic (exact) mass is 343 g/mol. The first-order valence-corrected chi connectivity index (χ1v) is 9.34. The maximum absolute atomic E-state index is 11.4. The maximum atomic E-state index is 11.4. The van der Waals surface area contributed by atoms with Crippen LogP contribution < -0.4 is 0 Å². The van der Waals surface area contributed by atoms with Crippen LogP contribution in [-0.2, 0) is 0 Å². The van der Waals surface area contributed by atoms with Gasteiger partial charge in [-0.15, -0.1) is 0 Å². The number of thioether (sulfide) groups is 1. The number of aliphatic hydroxyl groups is 2. The highest BCUT2D eigenvalue weighted by Gasteiger charge is 2.45. The van der Waals surface area contributed by atoms with Crippen LogP contribution in [0.3, 0.4) is 0 Å². The molecule has 4 rings (SSSR count). The van der Waals surface area contributed by atoms with E-state index in [1.54, 1.807) is 12.5 Å². The fourth-order valence-corrected chi connectivity index (χ4v) is 4.81. The van der Waals surface area contributed by atoms with Gasteiger partial charge in [0.1, 0.15) is 5.40 Å². The van der Waals surface area contributed by atoms with Gasteiger partial charge >= 0.3 is 0 Å². The Morgan fingerprint density at radius 2 is 2.08 bits per heavy atom. The number of pyridine rings is 1. The molecular weight excluding hydrogens is 322 g/mol. The Balaban J connectivity index is 1.81. The summed E-state index contributed by atoms with van der Waals surface area (Å²) in [6.07, 6.45) is 9.36. The maximum Gasteiger partial charge on any atom is 0.134 e. The molecular formula is C18H21N3O2S. The van der Waals surface area contributed by atoms with E-state index < -0.39 is 10.9 Å². The van der Waals surface area contributed by atoms with Gasteiger partial charge in [0.2, 0.25) is 0 Å². The van der Waals surface area contributed by atoms with Gasteiger partial charge in [-0.3, -0.25) is 0 Å². The molecule has 0 aliphatic heterocycles.